The number of halogens is 1. The zero-order valence-electron chi connectivity index (χ0n) is 79.5. The molecule has 17 rings (SSSR count). The molecule has 10 aliphatic rings. The molecule has 5 spiro atoms. The van der Waals surface area contributed by atoms with Crippen molar-refractivity contribution in [3.63, 3.8) is 0 Å². The van der Waals surface area contributed by atoms with Crippen molar-refractivity contribution in [1.82, 2.24) is 93.9 Å². The number of hydrogen-bond acceptors (Lipinski definition) is 31. The third kappa shape index (κ3) is 21.2. The van der Waals surface area contributed by atoms with Gasteiger partial charge in [0, 0.05) is 32.7 Å². The Morgan fingerprint density at radius 1 is 0.390 bits per heavy atom. The maximum absolute atomic E-state index is 13.4. The van der Waals surface area contributed by atoms with Crippen LogP contribution in [0, 0.1) is 57.3 Å². The molecule has 136 heavy (non-hydrogen) atoms. The number of rotatable bonds is 5. The van der Waals surface area contributed by atoms with E-state index in [4.69, 9.17) is 48.3 Å². The normalized spacial score (nSPS) is 21.9. The average Bonchev–Trinajstić information content (AvgIpc) is 1.59. The largest absolute Gasteiger partial charge is 0.444 e. The number of nitriles is 2. The van der Waals surface area contributed by atoms with Gasteiger partial charge in [-0.3, -0.25) is 86.7 Å². The smallest absolute Gasteiger partial charge is 0.412 e. The van der Waals surface area contributed by atoms with E-state index in [2.05, 4.69) is 92.3 Å². The molecule has 10 aliphatic heterocycles. The highest BCUT2D eigenvalue weighted by atomic mass is 35.5. The topological polar surface area (TPSA) is 576 Å². The molecule has 0 aliphatic carbocycles. The lowest BCUT2D eigenvalue weighted by atomic mass is 9.98. The fourth-order valence-electron chi connectivity index (χ4n) is 19.3. The number of ether oxygens (including phenoxy) is 3. The molecule has 5 saturated heterocycles. The summed E-state index contributed by atoms with van der Waals surface area (Å²) in [5.41, 5.74) is 15.4. The zero-order chi connectivity index (χ0) is 99.2. The van der Waals surface area contributed by atoms with Gasteiger partial charge < -0.3 is 87.8 Å². The van der Waals surface area contributed by atoms with Crippen molar-refractivity contribution in [2.24, 2.45) is 0 Å². The average molecular weight is 1900 g/mol. The number of anilines is 8. The summed E-state index contributed by atoms with van der Waals surface area (Å²) in [6, 6.07) is 11.5. The number of pyridine rings is 5. The summed E-state index contributed by atoms with van der Waals surface area (Å²) in [6.45, 7) is 32.1. The zero-order valence-corrected chi connectivity index (χ0v) is 80.2. The van der Waals surface area contributed by atoms with E-state index in [0.717, 1.165) is 76.8 Å². The Labute approximate surface area is 790 Å². The van der Waals surface area contributed by atoms with Crippen molar-refractivity contribution in [3.05, 3.63) is 167 Å². The molecule has 0 radical (unpaired) electrons. The summed E-state index contributed by atoms with van der Waals surface area (Å²) in [4.78, 5) is 189. The lowest BCUT2D eigenvalue weighted by molar-refractivity contribution is 0.0623. The molecule has 8 amide bonds. The second kappa shape index (κ2) is 39.3. The Balaban J connectivity index is 0.000000159. The molecule has 0 bridgehead atoms. The second-order valence-corrected chi connectivity index (χ2v) is 39.3. The molecular formula is C91H123ClN28O16. The molecular weight excluding hydrogens is 1780 g/mol. The predicted molar refractivity (Wildman–Crippen MR) is 509 cm³/mol. The molecule has 7 aromatic rings. The van der Waals surface area contributed by atoms with Crippen molar-refractivity contribution in [2.45, 2.75) is 214 Å². The van der Waals surface area contributed by atoms with Crippen LogP contribution in [0.2, 0.25) is 5.15 Å². The van der Waals surface area contributed by atoms with Crippen LogP contribution in [-0.2, 0) is 42.5 Å². The van der Waals surface area contributed by atoms with E-state index in [9.17, 15) is 67.6 Å². The van der Waals surface area contributed by atoms with Crippen LogP contribution in [0.3, 0.4) is 0 Å². The van der Waals surface area contributed by atoms with E-state index in [-0.39, 0.29) is 110 Å². The highest BCUT2D eigenvalue weighted by Crippen LogP contribution is 2.39. The van der Waals surface area contributed by atoms with Gasteiger partial charge in [0.1, 0.15) is 144 Å². The fraction of sp³-hybridized carbons (Fsp3) is 0.527. The number of hydrogen-bond donors (Lipinski definition) is 12. The minimum Gasteiger partial charge on any atom is -0.444 e. The van der Waals surface area contributed by atoms with E-state index >= 15 is 0 Å². The molecule has 5 fully saturated rings. The molecule has 0 saturated carbocycles. The van der Waals surface area contributed by atoms with E-state index < -0.39 is 80.1 Å². The van der Waals surface area contributed by atoms with Gasteiger partial charge in [-0.25, -0.2) is 34.3 Å². The first-order valence-electron chi connectivity index (χ1n) is 44.2. The maximum atomic E-state index is 13.4. The van der Waals surface area contributed by atoms with E-state index in [0.29, 0.717) is 109 Å². The molecule has 730 valence electrons. The van der Waals surface area contributed by atoms with Gasteiger partial charge in [0.25, 0.3) is 57.3 Å². The van der Waals surface area contributed by atoms with E-state index in [1.54, 1.807) is 117 Å². The third-order valence-electron chi connectivity index (χ3n) is 24.3. The number of carbonyl (C=O) groups excluding carboxylic acids is 8. The maximum Gasteiger partial charge on any atom is 0.412 e. The van der Waals surface area contributed by atoms with Crippen LogP contribution >= 0.6 is 11.6 Å². The number of amides is 8. The number of likely N-dealkylation sites (N-methyl/N-ethyl adjacent to an activating group) is 5. The summed E-state index contributed by atoms with van der Waals surface area (Å²) in [5.74, 6) is -0.886. The number of aryl methyl sites for hydroxylation is 5. The minimum absolute atomic E-state index is 0. The SMILES string of the molecule is C.Cc1cc(N)c(=O)n2c1C(=O)N[C@]21CCCN(C)C1.Cc1cc(NC(=O)OC(C)(C)C)c(=O)n2c1C(=O)N[C@@]21CCCN(C)C1.Cc1cc(NC(=O)OC(C)(C)C)c(=O)n2c1C(=O)N[C@]21CCCN(C)C1.Cc1cc(NC(=O)OC(C)(C)C)c(=O)n2c1C(=O)N[C@]21CCCN(C)C1.Cc1cc(Nc2ncnc(N)c2C#N)c(=O)n2c1C(=O)N[C@]21CCCN(C)C1.N#Cc1c(N)ncnc1Cl. The van der Waals surface area contributed by atoms with Crippen LogP contribution in [0.5, 0.6) is 0 Å². The van der Waals surface area contributed by atoms with Crippen LogP contribution in [0.1, 0.15) is 225 Å². The van der Waals surface area contributed by atoms with Gasteiger partial charge in [0.15, 0.2) is 11.0 Å². The summed E-state index contributed by atoms with van der Waals surface area (Å²) >= 11 is 5.48. The number of nitrogen functional groups attached to an aromatic ring is 3. The van der Waals surface area contributed by atoms with Crippen molar-refractivity contribution in [1.29, 1.82) is 10.5 Å². The Hall–Kier alpha value is -13.7. The van der Waals surface area contributed by atoms with Gasteiger partial charge in [-0.2, -0.15) is 10.5 Å². The number of piperidine rings is 5. The molecule has 7 aromatic heterocycles. The quantitative estimate of drug-likeness (QED) is 0.0671. The minimum atomic E-state index is -0.776. The van der Waals surface area contributed by atoms with E-state index in [1.807, 2.05) is 48.2 Å². The van der Waals surface area contributed by atoms with E-state index in [1.165, 1.54) is 44.6 Å². The predicted octanol–water partition coefficient (Wildman–Crippen LogP) is 6.22. The molecule has 45 heteroatoms. The molecule has 5 atom stereocenters. The second-order valence-electron chi connectivity index (χ2n) is 39.0. The Morgan fingerprint density at radius 2 is 0.632 bits per heavy atom. The number of carbonyl (C=O) groups is 8. The number of nitrogens with two attached hydrogens (primary N) is 3. The first kappa shape index (κ1) is 103. The number of aromatic nitrogens is 9. The lowest BCUT2D eigenvalue weighted by Gasteiger charge is -2.39. The molecule has 44 nitrogen and oxygen atoms in total. The van der Waals surface area contributed by atoms with Gasteiger partial charge in [-0.1, -0.05) is 19.0 Å². The number of fused-ring (bicyclic) bond motifs is 10. The Bertz CT molecular complexity index is 6040. The summed E-state index contributed by atoms with van der Waals surface area (Å²) in [7, 11) is 9.85. The van der Waals surface area contributed by atoms with Crippen LogP contribution in [-0.4, -0.2) is 233 Å². The molecule has 0 unspecified atom stereocenters. The highest BCUT2D eigenvalue weighted by molar-refractivity contribution is 6.30. The number of likely N-dealkylation sites (tertiary alicyclic amines) is 5. The van der Waals surface area contributed by atoms with Gasteiger partial charge in [0.05, 0.1) is 5.69 Å². The standard InChI is InChI=1S/C18H20N8O2.3C18H26N4O4.C13H18N4O2.C5H3ClN4.CH4/c1-10-6-12(23-15-11(7-19)14(20)21-9-22-15)17(28)26-13(10)16(27)24-18(26)4-3-5-25(2)8-18;3*1-11-9-12(19-16(25)26-17(2,3)4)15(24)22-13(11)14(23)20-18(22)7-6-8-21(5)10-18;1-8-6-9(14)12(19)17-10(8)11(18)15-13(17)4-3-5-16(2)7-13;6-4-3(1-7)5(8)10-2-9-4;/h6,9H,3-5,8H2,1-2H3,(H,24,27)(H3,20,21,22,23);3*9H,6-8,10H2,1-5H3,(H,19,25)(H,20,23);6H,3-5,7,14H2,1-2H3,(H,15,18);2H,(H2,8,9,10);1H4/t4*18-;13-;;/m11101../s1. The van der Waals surface area contributed by atoms with Crippen molar-refractivity contribution < 1.29 is 52.6 Å². The molecule has 0 aromatic carbocycles. The van der Waals surface area contributed by atoms with Crippen molar-refractivity contribution in [2.75, 3.05) is 139 Å². The summed E-state index contributed by atoms with van der Waals surface area (Å²) in [5, 5.41) is 43.4. The van der Waals surface area contributed by atoms with Crippen LogP contribution < -0.4 is 92.8 Å². The fourth-order valence-corrected chi connectivity index (χ4v) is 19.5. The van der Waals surface area contributed by atoms with Crippen molar-refractivity contribution in [3.8, 4) is 12.1 Å². The third-order valence-corrected chi connectivity index (χ3v) is 24.6. The van der Waals surface area contributed by atoms with Crippen molar-refractivity contribution >= 4 is 105 Å². The lowest BCUT2D eigenvalue weighted by Crippen LogP contribution is -2.57. The first-order chi connectivity index (χ1) is 63.1. The van der Waals surface area contributed by atoms with Gasteiger partial charge in [-0.15, -0.1) is 0 Å². The van der Waals surface area contributed by atoms with Crippen LogP contribution in [0.4, 0.5) is 60.3 Å². The highest BCUT2D eigenvalue weighted by Gasteiger charge is 2.53. The number of nitrogens with one attached hydrogen (secondary N) is 9. The summed E-state index contributed by atoms with van der Waals surface area (Å²) in [6.07, 6.45) is 8.20. The van der Waals surface area contributed by atoms with Crippen LogP contribution in [0.15, 0.2) is 67.0 Å². The van der Waals surface area contributed by atoms with Gasteiger partial charge >= 0.3 is 18.3 Å². The first-order valence-corrected chi connectivity index (χ1v) is 44.6. The Kier molecular flexibility index (Phi) is 29.8. The Morgan fingerprint density at radius 3 is 0.882 bits per heavy atom. The summed E-state index contributed by atoms with van der Waals surface area (Å²) < 4.78 is 23.4. The molecule has 17 heterocycles. The van der Waals surface area contributed by atoms with Crippen LogP contribution in [0.25, 0.3) is 0 Å². The van der Waals surface area contributed by atoms with Gasteiger partial charge in [-0.05, 0) is 287 Å². The van der Waals surface area contributed by atoms with Gasteiger partial charge in [0.2, 0.25) is 0 Å². The monoisotopic (exact) mass is 1900 g/mol. The number of nitrogens with zero attached hydrogens (tertiary/aromatic N) is 16. The molecule has 15 N–H and O–H groups in total.